The third-order valence-corrected chi connectivity index (χ3v) is 1.36. The molecule has 0 radical (unpaired) electrons. The number of aliphatic carboxylic acids is 1. The molecule has 0 amide bonds. The monoisotopic (exact) mass is 244 g/mol. The summed E-state index contributed by atoms with van der Waals surface area (Å²) in [5.74, 6) is -0.891. The topological polar surface area (TPSA) is 37.3 Å². The fourth-order valence-electron chi connectivity index (χ4n) is 0.571. The Balaban J connectivity index is -0.0000000462. The number of hydrogen-bond acceptors (Lipinski definition) is 2. The van der Waals surface area contributed by atoms with Crippen LogP contribution in [0.2, 0.25) is 0 Å². The van der Waals surface area contributed by atoms with E-state index in [0.717, 1.165) is 11.0 Å². The van der Waals surface area contributed by atoms with E-state index in [1.54, 1.807) is 6.92 Å². The molecule has 0 aliphatic heterocycles. The minimum Gasteiger partial charge on any atom is -1.00 e. The van der Waals surface area contributed by atoms with Crippen LogP contribution in [0, 0.1) is 0 Å². The number of allylic oxidation sites excluding steroid dienone is 1. The van der Waals surface area contributed by atoms with Gasteiger partial charge in [0, 0.05) is 11.0 Å². The molecule has 0 aliphatic rings. The maximum atomic E-state index is 9.51. The van der Waals surface area contributed by atoms with E-state index in [-0.39, 0.29) is 62.0 Å². The van der Waals surface area contributed by atoms with Crippen LogP contribution in [0.5, 0.6) is 0 Å². The Bertz CT molecular complexity index is 285. The second-order valence-electron chi connectivity index (χ2n) is 2.17. The summed E-state index contributed by atoms with van der Waals surface area (Å²) in [5.41, 5.74) is 0. The molecule has 0 aromatic heterocycles. The van der Waals surface area contributed by atoms with Gasteiger partial charge in [0.1, 0.15) is 0 Å². The molecule has 0 fully saturated rings. The molecule has 0 aliphatic carbocycles. The van der Waals surface area contributed by atoms with Gasteiger partial charge < -0.3 is 7.96 Å². The maximum Gasteiger partial charge on any atom is 1.00 e. The van der Waals surface area contributed by atoms with Gasteiger partial charge in [0.2, 0.25) is 0 Å². The van der Waals surface area contributed by atoms with Crippen LogP contribution in [0.25, 0.3) is 0 Å². The summed E-state index contributed by atoms with van der Waals surface area (Å²) in [5, 5.41) is 7.83. The summed E-state index contributed by atoms with van der Waals surface area (Å²) in [6.07, 6.45) is 2.56. The molecular weight excluding hydrogens is 230 g/mol. The molecule has 2 nitrogen and oxygen atoms in total. The second-order valence-corrected chi connectivity index (χ2v) is 2.69. The molecule has 5 heteroatoms. The molecule has 1 aromatic rings. The Morgan fingerprint density at radius 3 is 1.93 bits per heavy atom. The summed E-state index contributed by atoms with van der Waals surface area (Å²) in [6, 6.07) is 9.79. The minimum atomic E-state index is -0.891. The van der Waals surface area contributed by atoms with Gasteiger partial charge >= 0.3 is 65.1 Å². The Kier molecular flexibility index (Phi) is 20.8. The predicted octanol–water partition coefficient (Wildman–Crippen LogP) is -3.14. The number of carboxylic acid groups (broad SMARTS) is 1. The van der Waals surface area contributed by atoms with E-state index in [1.165, 1.54) is 6.08 Å². The largest absolute Gasteiger partial charge is 1.00 e. The molecule has 0 saturated carbocycles. The number of benzene rings is 1. The van der Waals surface area contributed by atoms with Crippen LogP contribution in [0.15, 0.2) is 47.4 Å². The number of thiol groups is 1. The van der Waals surface area contributed by atoms with Crippen molar-refractivity contribution in [2.75, 3.05) is 0 Å². The molecule has 0 bridgehead atoms. The van der Waals surface area contributed by atoms with Crippen LogP contribution in [-0.4, -0.2) is 11.1 Å². The number of carbonyl (C=O) groups is 1. The fraction of sp³-hybridized carbons (Fsp3) is 0.100. The van der Waals surface area contributed by atoms with Gasteiger partial charge in [-0.15, -0.1) is 12.6 Å². The van der Waals surface area contributed by atoms with Crippen LogP contribution in [0.1, 0.15) is 9.78 Å². The zero-order valence-corrected chi connectivity index (χ0v) is 14.2. The summed E-state index contributed by atoms with van der Waals surface area (Å²) in [7, 11) is 0. The third kappa shape index (κ3) is 17.4. The molecular formula is C10H14Na2O2S. The molecule has 0 saturated heterocycles. The first-order valence-electron chi connectivity index (χ1n) is 3.76. The van der Waals surface area contributed by atoms with Crippen molar-refractivity contribution in [1.82, 2.24) is 0 Å². The maximum absolute atomic E-state index is 9.51. The number of hydrogen-bond donors (Lipinski definition) is 2. The molecule has 15 heavy (non-hydrogen) atoms. The Hall–Kier alpha value is 0.780. The first-order valence-corrected chi connectivity index (χ1v) is 4.21. The second kappa shape index (κ2) is 14.8. The minimum absolute atomic E-state index is 0. The summed E-state index contributed by atoms with van der Waals surface area (Å²) < 4.78 is 0. The fourth-order valence-corrected chi connectivity index (χ4v) is 0.743. The predicted molar refractivity (Wildman–Crippen MR) is 58.4 cm³/mol. The van der Waals surface area contributed by atoms with Gasteiger partial charge in [0.15, 0.2) is 0 Å². The van der Waals surface area contributed by atoms with Crippen molar-refractivity contribution in [2.24, 2.45) is 0 Å². The zero-order chi connectivity index (χ0) is 10.1. The Labute approximate surface area is 143 Å². The summed E-state index contributed by atoms with van der Waals surface area (Å²) >= 11 is 4.08. The van der Waals surface area contributed by atoms with E-state index in [2.05, 4.69) is 12.6 Å². The Morgan fingerprint density at radius 2 is 1.80 bits per heavy atom. The van der Waals surface area contributed by atoms with E-state index in [9.17, 15) is 4.79 Å². The van der Waals surface area contributed by atoms with Crippen molar-refractivity contribution in [3.05, 3.63) is 42.5 Å². The van der Waals surface area contributed by atoms with Gasteiger partial charge in [-0.2, -0.15) is 0 Å². The van der Waals surface area contributed by atoms with Gasteiger partial charge in [0.05, 0.1) is 0 Å². The van der Waals surface area contributed by atoms with Crippen molar-refractivity contribution >= 4 is 18.6 Å². The van der Waals surface area contributed by atoms with E-state index in [4.69, 9.17) is 5.11 Å². The number of rotatable bonds is 1. The first kappa shape index (κ1) is 21.1. The third-order valence-electron chi connectivity index (χ3n) is 1.07. The molecule has 1 aromatic carbocycles. The molecule has 0 spiro atoms. The van der Waals surface area contributed by atoms with E-state index < -0.39 is 5.97 Å². The summed E-state index contributed by atoms with van der Waals surface area (Å²) in [6.45, 7) is 1.66. The molecule has 1 N–H and O–H groups in total. The smallest absolute Gasteiger partial charge is 1.00 e. The van der Waals surface area contributed by atoms with Crippen LogP contribution >= 0.6 is 12.6 Å². The normalized spacial score (nSPS) is 7.87. The summed E-state index contributed by atoms with van der Waals surface area (Å²) in [4.78, 5) is 10.5. The molecule has 1 rings (SSSR count). The van der Waals surface area contributed by atoms with Crippen molar-refractivity contribution in [3.63, 3.8) is 0 Å². The van der Waals surface area contributed by atoms with Gasteiger partial charge in [0.25, 0.3) is 0 Å². The molecule has 0 atom stereocenters. The average molecular weight is 244 g/mol. The molecule has 0 heterocycles. The van der Waals surface area contributed by atoms with E-state index >= 15 is 0 Å². The standard InChI is InChI=1S/C6H6S.C4H6O2.2Na.2H/c7-6-4-2-1-3-5-6;1-2-3-4(5)6;;;;/h1-5,7H;2-3H,1H3,(H,5,6);;;;/q;;2*+1;2*-1. The Morgan fingerprint density at radius 1 is 1.33 bits per heavy atom. The number of carboxylic acids is 1. The van der Waals surface area contributed by atoms with Crippen molar-refractivity contribution in [3.8, 4) is 0 Å². The van der Waals surface area contributed by atoms with Crippen LogP contribution in [0.4, 0.5) is 0 Å². The van der Waals surface area contributed by atoms with Gasteiger partial charge in [-0.25, -0.2) is 4.79 Å². The first-order chi connectivity index (χ1) is 6.16. The van der Waals surface area contributed by atoms with Crippen LogP contribution in [-0.2, 0) is 4.79 Å². The van der Waals surface area contributed by atoms with Crippen molar-refractivity contribution in [1.29, 1.82) is 0 Å². The zero-order valence-electron chi connectivity index (χ0n) is 11.3. The van der Waals surface area contributed by atoms with Gasteiger partial charge in [-0.05, 0) is 19.1 Å². The van der Waals surface area contributed by atoms with Crippen molar-refractivity contribution in [2.45, 2.75) is 11.8 Å². The molecule has 0 unspecified atom stereocenters. The van der Waals surface area contributed by atoms with Crippen LogP contribution in [0.3, 0.4) is 0 Å². The van der Waals surface area contributed by atoms with Gasteiger partial charge in [-0.3, -0.25) is 0 Å². The van der Waals surface area contributed by atoms with Crippen LogP contribution < -0.4 is 59.1 Å². The van der Waals surface area contributed by atoms with E-state index in [0.29, 0.717) is 0 Å². The quantitative estimate of drug-likeness (QED) is 0.311. The van der Waals surface area contributed by atoms with Crippen molar-refractivity contribution < 1.29 is 71.9 Å². The van der Waals surface area contributed by atoms with Gasteiger partial charge in [-0.1, -0.05) is 24.3 Å². The van der Waals surface area contributed by atoms with E-state index in [1.807, 2.05) is 30.3 Å². The average Bonchev–Trinajstić information content (AvgIpc) is 2.06. The SMILES string of the molecule is CC=CC(=O)O.Sc1ccccc1.[H-].[H-].[Na+].[Na+]. The molecule has 74 valence electrons.